The predicted molar refractivity (Wildman–Crippen MR) is 109 cm³/mol. The number of methoxy groups -OCH3 is 1. The molecule has 0 saturated heterocycles. The van der Waals surface area contributed by atoms with Crippen LogP contribution >= 0.6 is 11.6 Å². The monoisotopic (exact) mass is 403 g/mol. The Morgan fingerprint density at radius 3 is 2.64 bits per heavy atom. The molecule has 1 atom stereocenters. The molecule has 28 heavy (non-hydrogen) atoms. The van der Waals surface area contributed by atoms with Gasteiger partial charge >= 0.3 is 0 Å². The molecule has 0 radical (unpaired) electrons. The Bertz CT molecular complexity index is 820. The van der Waals surface area contributed by atoms with E-state index in [0.717, 1.165) is 22.8 Å². The number of fused-ring (bicyclic) bond motifs is 1. The average molecular weight is 404 g/mol. The molecule has 0 saturated carbocycles. The number of amides is 1. The number of carbonyl (C=O) groups is 1. The third-order valence-electron chi connectivity index (χ3n) is 4.64. The van der Waals surface area contributed by atoms with E-state index in [9.17, 15) is 4.79 Å². The van der Waals surface area contributed by atoms with Gasteiger partial charge in [-0.2, -0.15) is 0 Å². The molecule has 1 heterocycles. The summed E-state index contributed by atoms with van der Waals surface area (Å²) in [5.74, 6) is 2.25. The third-order valence-corrected chi connectivity index (χ3v) is 4.90. The topological polar surface area (TPSA) is 56.8 Å². The van der Waals surface area contributed by atoms with Crippen LogP contribution in [0.1, 0.15) is 44.7 Å². The Hall–Kier alpha value is -2.40. The predicted octanol–water partition coefficient (Wildman–Crippen LogP) is 4.93. The van der Waals surface area contributed by atoms with Crippen molar-refractivity contribution in [2.24, 2.45) is 0 Å². The summed E-state index contributed by atoms with van der Waals surface area (Å²) in [6.07, 6.45) is 1.74. The second-order valence-corrected chi connectivity index (χ2v) is 7.93. The van der Waals surface area contributed by atoms with Crippen LogP contribution in [0, 0.1) is 0 Å². The van der Waals surface area contributed by atoms with Gasteiger partial charge in [-0.1, -0.05) is 11.6 Å². The van der Waals surface area contributed by atoms with Crippen molar-refractivity contribution in [2.45, 2.75) is 44.8 Å². The van der Waals surface area contributed by atoms with Crippen molar-refractivity contribution in [3.05, 3.63) is 53.1 Å². The van der Waals surface area contributed by atoms with Gasteiger partial charge in [0.05, 0.1) is 19.8 Å². The highest BCUT2D eigenvalue weighted by atomic mass is 35.5. The number of rotatable bonds is 7. The zero-order chi connectivity index (χ0) is 20.1. The molecule has 5 nitrogen and oxygen atoms in total. The average Bonchev–Trinajstić information content (AvgIpc) is 2.65. The zero-order valence-electron chi connectivity index (χ0n) is 16.5. The van der Waals surface area contributed by atoms with Crippen molar-refractivity contribution in [1.82, 2.24) is 5.32 Å². The lowest BCUT2D eigenvalue weighted by atomic mass is 9.89. The van der Waals surface area contributed by atoms with Crippen molar-refractivity contribution in [2.75, 3.05) is 13.7 Å². The smallest absolute Gasteiger partial charge is 0.220 e. The second kappa shape index (κ2) is 8.74. The Balaban J connectivity index is 1.54. The van der Waals surface area contributed by atoms with Gasteiger partial charge in [0.15, 0.2) is 0 Å². The van der Waals surface area contributed by atoms with Crippen molar-refractivity contribution in [3.8, 4) is 17.2 Å². The van der Waals surface area contributed by atoms with Gasteiger partial charge in [0, 0.05) is 29.5 Å². The van der Waals surface area contributed by atoms with E-state index in [4.69, 9.17) is 25.8 Å². The normalized spacial score (nSPS) is 17.2. The molecule has 0 aliphatic carbocycles. The van der Waals surface area contributed by atoms with Crippen LogP contribution in [0.2, 0.25) is 5.02 Å². The minimum atomic E-state index is -0.366. The van der Waals surface area contributed by atoms with Crippen LogP contribution in [0.25, 0.3) is 0 Å². The van der Waals surface area contributed by atoms with Gasteiger partial charge in [0.25, 0.3) is 0 Å². The Kier molecular flexibility index (Phi) is 6.35. The lowest BCUT2D eigenvalue weighted by Crippen LogP contribution is -2.41. The van der Waals surface area contributed by atoms with Crippen LogP contribution in [-0.2, 0) is 4.79 Å². The number of benzene rings is 2. The molecular formula is C22H26ClNO4. The van der Waals surface area contributed by atoms with Gasteiger partial charge in [-0.3, -0.25) is 4.79 Å². The van der Waals surface area contributed by atoms with E-state index >= 15 is 0 Å². The van der Waals surface area contributed by atoms with E-state index in [2.05, 4.69) is 5.32 Å². The fourth-order valence-electron chi connectivity index (χ4n) is 3.31. The Morgan fingerprint density at radius 1 is 1.21 bits per heavy atom. The van der Waals surface area contributed by atoms with Gasteiger partial charge < -0.3 is 19.5 Å². The maximum atomic E-state index is 12.5. The quantitative estimate of drug-likeness (QED) is 0.666. The number of halogens is 1. The summed E-state index contributed by atoms with van der Waals surface area (Å²) in [5, 5.41) is 3.81. The number of hydrogen-bond donors (Lipinski definition) is 1. The highest BCUT2D eigenvalue weighted by molar-refractivity contribution is 6.30. The molecule has 2 aromatic carbocycles. The van der Waals surface area contributed by atoms with E-state index in [-0.39, 0.29) is 17.6 Å². The van der Waals surface area contributed by atoms with Gasteiger partial charge in [0.1, 0.15) is 22.8 Å². The molecule has 2 aromatic rings. The molecule has 1 aliphatic rings. The number of carbonyl (C=O) groups excluding carboxylic acids is 1. The van der Waals surface area contributed by atoms with Crippen LogP contribution in [0.3, 0.4) is 0 Å². The summed E-state index contributed by atoms with van der Waals surface area (Å²) in [6, 6.07) is 12.8. The maximum absolute atomic E-state index is 12.5. The van der Waals surface area contributed by atoms with E-state index in [1.165, 1.54) is 0 Å². The first-order valence-electron chi connectivity index (χ1n) is 9.41. The van der Waals surface area contributed by atoms with E-state index < -0.39 is 0 Å². The van der Waals surface area contributed by atoms with Crippen LogP contribution in [0.15, 0.2) is 42.5 Å². The van der Waals surface area contributed by atoms with Gasteiger partial charge in [-0.25, -0.2) is 0 Å². The van der Waals surface area contributed by atoms with Crippen LogP contribution in [0.5, 0.6) is 17.2 Å². The molecule has 0 bridgehead atoms. The van der Waals surface area contributed by atoms with Crippen molar-refractivity contribution < 1.29 is 19.0 Å². The van der Waals surface area contributed by atoms with Crippen LogP contribution in [0.4, 0.5) is 0 Å². The summed E-state index contributed by atoms with van der Waals surface area (Å²) >= 11 is 5.86. The maximum Gasteiger partial charge on any atom is 0.220 e. The SMILES string of the molecule is COc1ccc2c(c1)OC(C)(C)C[C@H]2NC(=O)CCCOc1ccc(Cl)cc1. The summed E-state index contributed by atoms with van der Waals surface area (Å²) < 4.78 is 17.0. The molecule has 0 spiro atoms. The summed E-state index contributed by atoms with van der Waals surface area (Å²) in [4.78, 5) is 12.5. The van der Waals surface area contributed by atoms with E-state index in [1.807, 2.05) is 44.2 Å². The van der Waals surface area contributed by atoms with Crippen molar-refractivity contribution in [1.29, 1.82) is 0 Å². The largest absolute Gasteiger partial charge is 0.497 e. The lowest BCUT2D eigenvalue weighted by Gasteiger charge is -2.38. The van der Waals surface area contributed by atoms with E-state index in [1.54, 1.807) is 19.2 Å². The molecule has 3 rings (SSSR count). The van der Waals surface area contributed by atoms with E-state index in [0.29, 0.717) is 30.9 Å². The number of nitrogens with one attached hydrogen (secondary N) is 1. The van der Waals surface area contributed by atoms with Gasteiger partial charge in [-0.15, -0.1) is 0 Å². The van der Waals surface area contributed by atoms with Crippen molar-refractivity contribution in [3.63, 3.8) is 0 Å². The van der Waals surface area contributed by atoms with Crippen LogP contribution in [-0.4, -0.2) is 25.2 Å². The molecule has 1 amide bonds. The van der Waals surface area contributed by atoms with Gasteiger partial charge in [0.2, 0.25) is 5.91 Å². The van der Waals surface area contributed by atoms with Crippen LogP contribution < -0.4 is 19.5 Å². The molecule has 0 unspecified atom stereocenters. The molecule has 1 aliphatic heterocycles. The molecule has 0 aromatic heterocycles. The fourth-order valence-corrected chi connectivity index (χ4v) is 3.43. The first-order valence-corrected chi connectivity index (χ1v) is 9.79. The molecule has 0 fully saturated rings. The molecule has 6 heteroatoms. The van der Waals surface area contributed by atoms with Gasteiger partial charge in [-0.05, 0) is 56.7 Å². The molecule has 1 N–H and O–H groups in total. The summed E-state index contributed by atoms with van der Waals surface area (Å²) in [5.41, 5.74) is 0.612. The first kappa shape index (κ1) is 20.3. The zero-order valence-corrected chi connectivity index (χ0v) is 17.2. The Labute approximate surface area is 170 Å². The second-order valence-electron chi connectivity index (χ2n) is 7.50. The first-order chi connectivity index (χ1) is 13.4. The summed E-state index contributed by atoms with van der Waals surface area (Å²) in [6.45, 7) is 4.52. The fraction of sp³-hybridized carbons (Fsp3) is 0.409. The minimum Gasteiger partial charge on any atom is -0.497 e. The minimum absolute atomic E-state index is 0.00386. The number of hydrogen-bond acceptors (Lipinski definition) is 4. The Morgan fingerprint density at radius 2 is 1.93 bits per heavy atom. The third kappa shape index (κ3) is 5.32. The highest BCUT2D eigenvalue weighted by Crippen LogP contribution is 2.41. The highest BCUT2D eigenvalue weighted by Gasteiger charge is 2.34. The molecular weight excluding hydrogens is 378 g/mol. The molecule has 150 valence electrons. The summed E-state index contributed by atoms with van der Waals surface area (Å²) in [7, 11) is 1.63. The number of ether oxygens (including phenoxy) is 3. The lowest BCUT2D eigenvalue weighted by molar-refractivity contribution is -0.122. The standard InChI is InChI=1S/C22H26ClNO4/c1-22(2)14-19(18-11-10-17(26-3)13-20(18)28-22)24-21(25)5-4-12-27-16-8-6-15(23)7-9-16/h6-11,13,19H,4-5,12,14H2,1-3H3,(H,24,25)/t19-/m1/s1. The van der Waals surface area contributed by atoms with Crippen molar-refractivity contribution >= 4 is 17.5 Å².